The van der Waals surface area contributed by atoms with E-state index in [1.165, 1.54) is 33.7 Å². The summed E-state index contributed by atoms with van der Waals surface area (Å²) in [7, 11) is 0. The highest BCUT2D eigenvalue weighted by Crippen LogP contribution is 2.39. The van der Waals surface area contributed by atoms with Gasteiger partial charge < -0.3 is 10.2 Å². The van der Waals surface area contributed by atoms with Gasteiger partial charge in [0.2, 0.25) is 0 Å². The molecule has 0 unspecified atom stereocenters. The lowest BCUT2D eigenvalue weighted by Gasteiger charge is -2.16. The third-order valence-electron chi connectivity index (χ3n) is 5.61. The number of phenolic OH excluding ortho intramolecular Hbond substituents is 2. The fraction of sp³-hybridized carbons (Fsp3) is 0. The average Bonchev–Trinajstić information content (AvgIpc) is 3.13. The molecule has 0 aliphatic rings. The summed E-state index contributed by atoms with van der Waals surface area (Å²) in [5.74, 6) is 0.360. The highest BCUT2D eigenvalue weighted by atomic mass is 32.1. The minimum Gasteiger partial charge on any atom is -0.508 e. The number of hydrogen-bond donors (Lipinski definition) is 3. The van der Waals surface area contributed by atoms with Crippen molar-refractivity contribution in [3.8, 4) is 28.6 Å². The second-order valence-corrected chi connectivity index (χ2v) is 7.70. The molecular weight excluding hydrogens is 394 g/mol. The Morgan fingerprint density at radius 1 is 0.733 bits per heavy atom. The van der Waals surface area contributed by atoms with Crippen LogP contribution < -0.4 is 0 Å². The normalized spacial score (nSPS) is 11.8. The number of rotatable bonds is 2. The molecule has 2 N–H and O–H groups in total. The molecule has 0 saturated heterocycles. The van der Waals surface area contributed by atoms with E-state index in [4.69, 9.17) is 0 Å². The smallest absolute Gasteiger partial charge is 0.193 e. The Bertz CT molecular complexity index is 1570. The Balaban J connectivity index is 1.72. The summed E-state index contributed by atoms with van der Waals surface area (Å²) < 4.78 is 1.82. The van der Waals surface area contributed by atoms with Crippen LogP contribution in [-0.4, -0.2) is 25.0 Å². The van der Waals surface area contributed by atoms with Gasteiger partial charge in [0.15, 0.2) is 11.0 Å². The van der Waals surface area contributed by atoms with E-state index in [0.29, 0.717) is 16.5 Å². The van der Waals surface area contributed by atoms with Crippen LogP contribution in [0, 0.1) is 0 Å². The van der Waals surface area contributed by atoms with Crippen molar-refractivity contribution in [1.29, 1.82) is 0 Å². The van der Waals surface area contributed by atoms with E-state index in [9.17, 15) is 10.2 Å². The maximum atomic E-state index is 10.4. The molecule has 0 radical (unpaired) electrons. The van der Waals surface area contributed by atoms with Gasteiger partial charge in [0.05, 0.1) is 11.3 Å². The molecule has 6 aromatic rings. The highest BCUT2D eigenvalue weighted by Gasteiger charge is 2.20. The molecule has 0 spiro atoms. The predicted octanol–water partition coefficient (Wildman–Crippen LogP) is 5.53. The van der Waals surface area contributed by atoms with E-state index in [-0.39, 0.29) is 11.5 Å². The van der Waals surface area contributed by atoms with Crippen LogP contribution in [0.5, 0.6) is 11.5 Å². The second-order valence-electron chi connectivity index (χ2n) is 7.30. The van der Waals surface area contributed by atoms with Gasteiger partial charge in [0, 0.05) is 11.5 Å². The lowest BCUT2D eigenvalue weighted by Crippen LogP contribution is -2.00. The van der Waals surface area contributed by atoms with Crippen LogP contribution in [0.1, 0.15) is 0 Å². The molecule has 6 rings (SSSR count). The third kappa shape index (κ3) is 2.31. The lowest BCUT2D eigenvalue weighted by molar-refractivity contribution is 0.451. The highest BCUT2D eigenvalue weighted by molar-refractivity contribution is 7.80. The zero-order valence-corrected chi connectivity index (χ0v) is 16.5. The van der Waals surface area contributed by atoms with Crippen molar-refractivity contribution in [3.05, 3.63) is 72.8 Å². The van der Waals surface area contributed by atoms with Crippen molar-refractivity contribution in [2.24, 2.45) is 0 Å². The number of aromatic hydroxyl groups is 2. The van der Waals surface area contributed by atoms with E-state index in [2.05, 4.69) is 71.4 Å². The molecule has 5 nitrogen and oxygen atoms in total. The predicted molar refractivity (Wildman–Crippen MR) is 121 cm³/mol. The van der Waals surface area contributed by atoms with E-state index >= 15 is 0 Å². The Kier molecular flexibility index (Phi) is 3.49. The van der Waals surface area contributed by atoms with Gasteiger partial charge in [-0.05, 0) is 45.1 Å². The van der Waals surface area contributed by atoms with Gasteiger partial charge in [0.1, 0.15) is 11.5 Å². The molecule has 0 fully saturated rings. The van der Waals surface area contributed by atoms with Gasteiger partial charge >= 0.3 is 0 Å². The first-order valence-corrected chi connectivity index (χ1v) is 9.90. The third-order valence-corrected chi connectivity index (χ3v) is 5.90. The first-order valence-electron chi connectivity index (χ1n) is 9.45. The van der Waals surface area contributed by atoms with Crippen LogP contribution in [0.3, 0.4) is 0 Å². The maximum absolute atomic E-state index is 10.4. The quantitative estimate of drug-likeness (QED) is 0.260. The molecule has 5 aromatic carbocycles. The van der Waals surface area contributed by atoms with Crippen molar-refractivity contribution >= 4 is 44.9 Å². The number of phenols is 2. The summed E-state index contributed by atoms with van der Waals surface area (Å²) in [6.07, 6.45) is 0. The Morgan fingerprint density at radius 2 is 1.43 bits per heavy atom. The molecule has 0 aliphatic heterocycles. The minimum atomic E-state index is -0.0744. The van der Waals surface area contributed by atoms with Crippen LogP contribution in [-0.2, 0) is 0 Å². The van der Waals surface area contributed by atoms with Crippen molar-refractivity contribution in [2.45, 2.75) is 5.16 Å². The Labute approximate surface area is 176 Å². The largest absolute Gasteiger partial charge is 0.508 e. The molecule has 0 amide bonds. The number of nitrogens with zero attached hydrogens (tertiary/aromatic N) is 3. The molecule has 0 bridgehead atoms. The molecule has 30 heavy (non-hydrogen) atoms. The van der Waals surface area contributed by atoms with E-state index in [1.807, 2.05) is 10.6 Å². The fourth-order valence-electron chi connectivity index (χ4n) is 4.30. The molecule has 0 aliphatic carbocycles. The number of hydrogen-bond acceptors (Lipinski definition) is 5. The summed E-state index contributed by atoms with van der Waals surface area (Å²) in [4.78, 5) is 0. The topological polar surface area (TPSA) is 71.2 Å². The van der Waals surface area contributed by atoms with Gasteiger partial charge in [-0.1, -0.05) is 48.5 Å². The van der Waals surface area contributed by atoms with E-state index in [1.54, 1.807) is 6.07 Å². The summed E-state index contributed by atoms with van der Waals surface area (Å²) in [5, 5.41) is 35.8. The standard InChI is InChI=1S/C24H15N3O2S/c28-16-8-10-18(20(29)12-16)23-25-26-24(30)27(23)19-11-7-15-5-4-13-2-1-3-14-6-9-17(19)22(15)21(13)14/h1-12,28-29H,(H,26,30). The number of thiol groups is 1. The summed E-state index contributed by atoms with van der Waals surface area (Å²) >= 11 is 4.54. The average molecular weight is 409 g/mol. The minimum absolute atomic E-state index is 0.0175. The SMILES string of the molecule is Oc1ccc(-c2nnc(S)n2-c2ccc3ccc4cccc5ccc2c3c45)c(O)c1. The van der Waals surface area contributed by atoms with Crippen molar-refractivity contribution in [3.63, 3.8) is 0 Å². The van der Waals surface area contributed by atoms with Gasteiger partial charge in [0.25, 0.3) is 0 Å². The van der Waals surface area contributed by atoms with Crippen LogP contribution in [0.4, 0.5) is 0 Å². The van der Waals surface area contributed by atoms with Crippen molar-refractivity contribution in [1.82, 2.24) is 14.8 Å². The van der Waals surface area contributed by atoms with E-state index in [0.717, 1.165) is 16.5 Å². The lowest BCUT2D eigenvalue weighted by atomic mass is 9.93. The molecule has 0 atom stereocenters. The van der Waals surface area contributed by atoms with Gasteiger partial charge in [-0.15, -0.1) is 22.8 Å². The van der Waals surface area contributed by atoms with Gasteiger partial charge in [-0.3, -0.25) is 4.57 Å². The second kappa shape index (κ2) is 6.11. The number of aromatic nitrogens is 3. The zero-order chi connectivity index (χ0) is 20.4. The van der Waals surface area contributed by atoms with Gasteiger partial charge in [-0.2, -0.15) is 0 Å². The molecule has 144 valence electrons. The van der Waals surface area contributed by atoms with E-state index < -0.39 is 0 Å². The molecule has 6 heteroatoms. The van der Waals surface area contributed by atoms with Crippen LogP contribution in [0.25, 0.3) is 49.4 Å². The Morgan fingerprint density at radius 3 is 2.20 bits per heavy atom. The number of benzene rings is 5. The van der Waals surface area contributed by atoms with Crippen LogP contribution in [0.2, 0.25) is 0 Å². The molecule has 1 heterocycles. The summed E-state index contributed by atoms with van der Waals surface area (Å²) in [6.45, 7) is 0. The monoisotopic (exact) mass is 409 g/mol. The first kappa shape index (κ1) is 17.1. The molecular formula is C24H15N3O2S. The van der Waals surface area contributed by atoms with Crippen LogP contribution in [0.15, 0.2) is 78.0 Å². The molecule has 1 aromatic heterocycles. The molecule has 0 saturated carbocycles. The van der Waals surface area contributed by atoms with Crippen molar-refractivity contribution in [2.75, 3.05) is 0 Å². The summed E-state index contributed by atoms with van der Waals surface area (Å²) in [5.41, 5.74) is 1.34. The van der Waals surface area contributed by atoms with Crippen LogP contribution >= 0.6 is 12.6 Å². The fourth-order valence-corrected chi connectivity index (χ4v) is 4.54. The zero-order valence-electron chi connectivity index (χ0n) is 15.6. The maximum Gasteiger partial charge on any atom is 0.193 e. The Hall–Kier alpha value is -3.77. The van der Waals surface area contributed by atoms with Crippen molar-refractivity contribution < 1.29 is 10.2 Å². The summed E-state index contributed by atoms with van der Waals surface area (Å²) in [6, 6.07) is 23.3. The first-order chi connectivity index (χ1) is 14.6. The van der Waals surface area contributed by atoms with Gasteiger partial charge in [-0.25, -0.2) is 0 Å².